The molecule has 0 amide bonds. The van der Waals surface area contributed by atoms with Crippen molar-refractivity contribution in [2.45, 2.75) is 34.8 Å². The summed E-state index contributed by atoms with van der Waals surface area (Å²) in [5, 5.41) is 48.4. The molecule has 1 aliphatic rings. The molecule has 3 N–H and O–H groups in total. The van der Waals surface area contributed by atoms with E-state index < -0.39 is 53.8 Å². The number of halogens is 4. The maximum Gasteiger partial charge on any atom is 0.194 e. The van der Waals surface area contributed by atoms with E-state index in [2.05, 4.69) is 31.2 Å². The molecule has 1 aliphatic heterocycles. The molecule has 0 aliphatic carbocycles. The van der Waals surface area contributed by atoms with Crippen molar-refractivity contribution in [2.75, 3.05) is 6.61 Å². The van der Waals surface area contributed by atoms with Crippen LogP contribution in [0.4, 0.5) is 13.2 Å². The number of pyridine rings is 1. The third-order valence-electron chi connectivity index (χ3n) is 5.13. The van der Waals surface area contributed by atoms with E-state index in [9.17, 15) is 28.5 Å². The van der Waals surface area contributed by atoms with Gasteiger partial charge < -0.3 is 20.1 Å². The molecular weight excluding hydrogens is 543 g/mol. The van der Waals surface area contributed by atoms with E-state index in [1.54, 1.807) is 6.07 Å². The minimum Gasteiger partial charge on any atom is -0.394 e. The lowest BCUT2D eigenvalue weighted by atomic mass is 9.97. The number of hydrogen-bond donors (Lipinski definition) is 3. The molecule has 14 heteroatoms. The van der Waals surface area contributed by atoms with Crippen LogP contribution in [0.25, 0.3) is 11.3 Å². The fourth-order valence-electron chi connectivity index (χ4n) is 3.41. The van der Waals surface area contributed by atoms with Crippen molar-refractivity contribution in [2.24, 2.45) is 0 Å². The van der Waals surface area contributed by atoms with Crippen LogP contribution >= 0.6 is 27.7 Å². The van der Waals surface area contributed by atoms with Crippen LogP contribution in [0.5, 0.6) is 0 Å². The van der Waals surface area contributed by atoms with E-state index in [0.29, 0.717) is 15.1 Å². The van der Waals surface area contributed by atoms with Gasteiger partial charge in [0.25, 0.3) is 0 Å². The number of ether oxygens (including phenoxy) is 1. The number of aliphatic hydroxyl groups is 3. The Morgan fingerprint density at radius 2 is 1.88 bits per heavy atom. The SMILES string of the molecule is N#Cc1cnc(S[C@H]2O[C@H](CO)[C@H](O)[C@H](n3cc(-c4cc(F)c(F)c(F)c4)nn3)[C@H]2O)cc1Br. The highest BCUT2D eigenvalue weighted by Crippen LogP contribution is 2.38. The summed E-state index contributed by atoms with van der Waals surface area (Å²) >= 11 is 4.24. The number of nitrogens with zero attached hydrogens (tertiary/aromatic N) is 5. The molecule has 178 valence electrons. The maximum absolute atomic E-state index is 13.6. The number of aliphatic hydroxyl groups excluding tert-OH is 3. The Morgan fingerprint density at radius 3 is 2.50 bits per heavy atom. The Morgan fingerprint density at radius 1 is 1.18 bits per heavy atom. The summed E-state index contributed by atoms with van der Waals surface area (Å²) in [6.07, 6.45) is -1.37. The molecule has 3 aromatic rings. The predicted molar refractivity (Wildman–Crippen MR) is 115 cm³/mol. The number of benzene rings is 1. The number of nitriles is 1. The number of aromatic nitrogens is 4. The Kier molecular flexibility index (Phi) is 7.22. The number of rotatable bonds is 5. The largest absolute Gasteiger partial charge is 0.394 e. The van der Waals surface area contributed by atoms with Crippen LogP contribution in [-0.4, -0.2) is 65.7 Å². The molecule has 0 unspecified atom stereocenters. The van der Waals surface area contributed by atoms with E-state index in [0.717, 1.165) is 28.6 Å². The fourth-order valence-corrected chi connectivity index (χ4v) is 5.01. The first-order valence-electron chi connectivity index (χ1n) is 9.65. The van der Waals surface area contributed by atoms with Crippen molar-refractivity contribution in [1.29, 1.82) is 5.26 Å². The monoisotopic (exact) mass is 557 g/mol. The highest BCUT2D eigenvalue weighted by molar-refractivity contribution is 9.10. The third kappa shape index (κ3) is 4.67. The molecule has 9 nitrogen and oxygen atoms in total. The highest BCUT2D eigenvalue weighted by Gasteiger charge is 2.46. The van der Waals surface area contributed by atoms with Crippen LogP contribution < -0.4 is 0 Å². The lowest BCUT2D eigenvalue weighted by molar-refractivity contribution is -0.178. The zero-order chi connectivity index (χ0) is 24.6. The summed E-state index contributed by atoms with van der Waals surface area (Å²) in [7, 11) is 0. The first-order valence-corrected chi connectivity index (χ1v) is 11.3. The molecule has 0 saturated carbocycles. The molecule has 0 spiro atoms. The first kappa shape index (κ1) is 24.6. The zero-order valence-electron chi connectivity index (χ0n) is 16.9. The van der Waals surface area contributed by atoms with Gasteiger partial charge in [0.05, 0.1) is 23.4 Å². The molecule has 0 bridgehead atoms. The van der Waals surface area contributed by atoms with Gasteiger partial charge in [0, 0.05) is 16.2 Å². The van der Waals surface area contributed by atoms with Crippen LogP contribution in [0.2, 0.25) is 0 Å². The lowest BCUT2D eigenvalue weighted by Crippen LogP contribution is -2.55. The van der Waals surface area contributed by atoms with Gasteiger partial charge in [-0.3, -0.25) is 0 Å². The van der Waals surface area contributed by atoms with Gasteiger partial charge in [0.1, 0.15) is 41.6 Å². The summed E-state index contributed by atoms with van der Waals surface area (Å²) in [6.45, 7) is -0.581. The summed E-state index contributed by atoms with van der Waals surface area (Å²) in [5.74, 6) is -4.44. The maximum atomic E-state index is 13.6. The van der Waals surface area contributed by atoms with Crippen LogP contribution in [0.15, 0.2) is 40.1 Å². The molecule has 1 fully saturated rings. The zero-order valence-corrected chi connectivity index (χ0v) is 19.3. The van der Waals surface area contributed by atoms with Crippen LogP contribution in [-0.2, 0) is 4.74 Å². The molecular formula is C20H15BrF3N5O4S. The second-order valence-electron chi connectivity index (χ2n) is 7.27. The molecule has 1 saturated heterocycles. The molecule has 4 rings (SSSR count). The van der Waals surface area contributed by atoms with Gasteiger partial charge in [-0.25, -0.2) is 22.8 Å². The number of thioether (sulfide) groups is 1. The Labute approximate surface area is 202 Å². The van der Waals surface area contributed by atoms with Crippen molar-refractivity contribution in [1.82, 2.24) is 20.0 Å². The van der Waals surface area contributed by atoms with Gasteiger partial charge in [-0.15, -0.1) is 5.10 Å². The predicted octanol–water partition coefficient (Wildman–Crippen LogP) is 2.16. The van der Waals surface area contributed by atoms with Crippen LogP contribution in [0, 0.1) is 28.8 Å². The average molecular weight is 558 g/mol. The first-order chi connectivity index (χ1) is 16.2. The van der Waals surface area contributed by atoms with Crippen molar-refractivity contribution >= 4 is 27.7 Å². The summed E-state index contributed by atoms with van der Waals surface area (Å²) < 4.78 is 47.7. The van der Waals surface area contributed by atoms with Crippen molar-refractivity contribution in [3.05, 3.63) is 58.1 Å². The molecule has 1 aromatic carbocycles. The highest BCUT2D eigenvalue weighted by atomic mass is 79.9. The minimum absolute atomic E-state index is 0.0360. The average Bonchev–Trinajstić information content (AvgIpc) is 3.29. The van der Waals surface area contributed by atoms with Crippen molar-refractivity contribution < 1.29 is 33.2 Å². The molecule has 2 aromatic heterocycles. The Balaban J connectivity index is 1.63. The van der Waals surface area contributed by atoms with E-state index in [-0.39, 0.29) is 11.3 Å². The van der Waals surface area contributed by atoms with E-state index in [1.165, 1.54) is 12.4 Å². The van der Waals surface area contributed by atoms with Gasteiger partial charge in [-0.05, 0) is 34.1 Å². The standard InChI is InChI=1S/C20H15BrF3N5O4S/c21-10-3-15(26-5-9(10)4-25)34-20-19(32)17(18(31)14(7-30)33-20)29-6-13(27-28-29)8-1-11(22)16(24)12(23)2-8/h1-3,5-6,14,17-20,30-32H,7H2/t14-,17+,18+,19-,20-/m1/s1. The second-order valence-corrected chi connectivity index (χ2v) is 9.24. The quantitative estimate of drug-likeness (QED) is 0.403. The summed E-state index contributed by atoms with van der Waals surface area (Å²) in [6, 6.07) is 3.83. The topological polar surface area (TPSA) is 137 Å². The number of hydrogen-bond acceptors (Lipinski definition) is 9. The lowest BCUT2D eigenvalue weighted by Gasteiger charge is -2.41. The Hall–Kier alpha value is -2.54. The fraction of sp³-hybridized carbons (Fsp3) is 0.300. The molecule has 5 atom stereocenters. The van der Waals surface area contributed by atoms with Crippen LogP contribution in [0.3, 0.4) is 0 Å². The van der Waals surface area contributed by atoms with Crippen molar-refractivity contribution in [3.63, 3.8) is 0 Å². The van der Waals surface area contributed by atoms with Gasteiger partial charge in [-0.2, -0.15) is 5.26 Å². The van der Waals surface area contributed by atoms with E-state index >= 15 is 0 Å². The van der Waals surface area contributed by atoms with Gasteiger partial charge >= 0.3 is 0 Å². The second kappa shape index (κ2) is 9.98. The van der Waals surface area contributed by atoms with E-state index in [4.69, 9.17) is 10.00 Å². The van der Waals surface area contributed by atoms with Gasteiger partial charge in [-0.1, -0.05) is 17.0 Å². The van der Waals surface area contributed by atoms with E-state index in [1.807, 2.05) is 6.07 Å². The summed E-state index contributed by atoms with van der Waals surface area (Å²) in [4.78, 5) is 4.13. The van der Waals surface area contributed by atoms with Crippen molar-refractivity contribution in [3.8, 4) is 17.3 Å². The summed E-state index contributed by atoms with van der Waals surface area (Å²) in [5.41, 5.74) is -0.855. The molecule has 3 heterocycles. The van der Waals surface area contributed by atoms with Crippen LogP contribution in [0.1, 0.15) is 11.6 Å². The Bertz CT molecular complexity index is 1240. The minimum atomic E-state index is -1.62. The third-order valence-corrected chi connectivity index (χ3v) is 6.87. The smallest absolute Gasteiger partial charge is 0.194 e. The molecule has 34 heavy (non-hydrogen) atoms. The molecule has 0 radical (unpaired) electrons. The van der Waals surface area contributed by atoms with Gasteiger partial charge in [0.15, 0.2) is 17.5 Å². The van der Waals surface area contributed by atoms with Gasteiger partial charge in [0.2, 0.25) is 0 Å². The normalized spacial score (nSPS) is 24.7.